The summed E-state index contributed by atoms with van der Waals surface area (Å²) in [6.07, 6.45) is 2.62. The monoisotopic (exact) mass is 287 g/mol. The van der Waals surface area contributed by atoms with Gasteiger partial charge in [0.05, 0.1) is 18.0 Å². The van der Waals surface area contributed by atoms with E-state index in [1.165, 1.54) is 0 Å². The molecular formula is C17H25N3O. The second-order valence-electron chi connectivity index (χ2n) is 5.37. The lowest BCUT2D eigenvalue weighted by Crippen LogP contribution is -2.40. The van der Waals surface area contributed by atoms with E-state index in [1.54, 1.807) is 6.26 Å². The van der Waals surface area contributed by atoms with Gasteiger partial charge in [0.2, 0.25) is 0 Å². The molecular weight excluding hydrogens is 262 g/mol. The average molecular weight is 287 g/mol. The summed E-state index contributed by atoms with van der Waals surface area (Å²) in [5.74, 6) is 0.929. The van der Waals surface area contributed by atoms with Gasteiger partial charge in [0.1, 0.15) is 5.76 Å². The number of aryl methyl sites for hydroxylation is 1. The predicted molar refractivity (Wildman–Crippen MR) is 84.8 cm³/mol. The summed E-state index contributed by atoms with van der Waals surface area (Å²) in [6.45, 7) is 7.95. The van der Waals surface area contributed by atoms with E-state index in [9.17, 15) is 0 Å². The van der Waals surface area contributed by atoms with Crippen LogP contribution >= 0.6 is 0 Å². The van der Waals surface area contributed by atoms with E-state index in [0.29, 0.717) is 0 Å². The average Bonchev–Trinajstić information content (AvgIpc) is 3.00. The zero-order chi connectivity index (χ0) is 15.2. The zero-order valence-electron chi connectivity index (χ0n) is 13.1. The summed E-state index contributed by atoms with van der Waals surface area (Å²) in [5, 5.41) is 0. The Labute approximate surface area is 127 Å². The predicted octanol–water partition coefficient (Wildman–Crippen LogP) is 3.28. The van der Waals surface area contributed by atoms with Crippen molar-refractivity contribution in [2.45, 2.75) is 45.8 Å². The summed E-state index contributed by atoms with van der Waals surface area (Å²) in [7, 11) is 0. The van der Waals surface area contributed by atoms with Crippen LogP contribution in [0.25, 0.3) is 0 Å². The van der Waals surface area contributed by atoms with E-state index < -0.39 is 0 Å². The number of likely N-dealkylation sites (N-methyl/N-ethyl adjacent to an activating group) is 1. The Bertz CT molecular complexity index is 539. The van der Waals surface area contributed by atoms with Crippen LogP contribution in [0, 0.1) is 6.92 Å². The molecule has 2 rings (SSSR count). The van der Waals surface area contributed by atoms with Crippen LogP contribution in [0.15, 0.2) is 41.0 Å². The Morgan fingerprint density at radius 1 is 1.24 bits per heavy atom. The lowest BCUT2D eigenvalue weighted by atomic mass is 10.0. The van der Waals surface area contributed by atoms with Crippen LogP contribution in [0.2, 0.25) is 0 Å². The molecule has 114 valence electrons. The Hall–Kier alpha value is -1.65. The van der Waals surface area contributed by atoms with Crippen molar-refractivity contribution >= 4 is 0 Å². The molecule has 4 heteroatoms. The molecule has 2 heterocycles. The Morgan fingerprint density at radius 2 is 2.05 bits per heavy atom. The minimum absolute atomic E-state index is 0.0425. The highest BCUT2D eigenvalue weighted by Crippen LogP contribution is 2.26. The molecule has 2 aromatic heterocycles. The highest BCUT2D eigenvalue weighted by Gasteiger charge is 2.27. The molecule has 0 amide bonds. The highest BCUT2D eigenvalue weighted by molar-refractivity contribution is 5.12. The molecule has 2 unspecified atom stereocenters. The van der Waals surface area contributed by atoms with Crippen LogP contribution in [-0.4, -0.2) is 22.5 Å². The molecule has 0 bridgehead atoms. The van der Waals surface area contributed by atoms with Gasteiger partial charge < -0.3 is 10.2 Å². The third-order valence-electron chi connectivity index (χ3n) is 3.82. The SMILES string of the molecule is CCC(N)C(c1ccco1)N(CC)Cc1cccc(C)n1. The minimum atomic E-state index is 0.0425. The molecule has 2 N–H and O–H groups in total. The van der Waals surface area contributed by atoms with E-state index >= 15 is 0 Å². The molecule has 0 saturated carbocycles. The maximum atomic E-state index is 6.35. The van der Waals surface area contributed by atoms with Crippen LogP contribution < -0.4 is 5.73 Å². The molecule has 4 nitrogen and oxygen atoms in total. The van der Waals surface area contributed by atoms with Crippen molar-refractivity contribution in [3.05, 3.63) is 53.7 Å². The first kappa shape index (κ1) is 15.7. The summed E-state index contributed by atoms with van der Waals surface area (Å²) < 4.78 is 5.62. The smallest absolute Gasteiger partial charge is 0.122 e. The van der Waals surface area contributed by atoms with Crippen molar-refractivity contribution in [2.75, 3.05) is 6.54 Å². The fraction of sp³-hybridized carbons (Fsp3) is 0.471. The van der Waals surface area contributed by atoms with Crippen molar-refractivity contribution in [3.63, 3.8) is 0 Å². The maximum Gasteiger partial charge on any atom is 0.122 e. The van der Waals surface area contributed by atoms with Gasteiger partial charge in [0.15, 0.2) is 0 Å². The van der Waals surface area contributed by atoms with E-state index in [1.807, 2.05) is 31.2 Å². The number of furan rings is 1. The zero-order valence-corrected chi connectivity index (χ0v) is 13.1. The van der Waals surface area contributed by atoms with Crippen LogP contribution in [0.5, 0.6) is 0 Å². The molecule has 0 aliphatic heterocycles. The minimum Gasteiger partial charge on any atom is -0.468 e. The van der Waals surface area contributed by atoms with E-state index in [2.05, 4.69) is 29.8 Å². The lowest BCUT2D eigenvalue weighted by Gasteiger charge is -2.33. The first-order chi connectivity index (χ1) is 10.2. The Kier molecular flexibility index (Phi) is 5.53. The topological polar surface area (TPSA) is 55.3 Å². The Morgan fingerprint density at radius 3 is 2.62 bits per heavy atom. The van der Waals surface area contributed by atoms with Gasteiger partial charge >= 0.3 is 0 Å². The van der Waals surface area contributed by atoms with Crippen LogP contribution in [0.1, 0.15) is 43.5 Å². The summed E-state index contributed by atoms with van der Waals surface area (Å²) >= 11 is 0. The summed E-state index contributed by atoms with van der Waals surface area (Å²) in [5.41, 5.74) is 8.45. The van der Waals surface area contributed by atoms with Crippen molar-refractivity contribution in [2.24, 2.45) is 5.73 Å². The van der Waals surface area contributed by atoms with E-state index in [4.69, 9.17) is 10.2 Å². The molecule has 0 aromatic carbocycles. The maximum absolute atomic E-state index is 6.35. The van der Waals surface area contributed by atoms with Crippen molar-refractivity contribution in [1.29, 1.82) is 0 Å². The summed E-state index contributed by atoms with van der Waals surface area (Å²) in [6, 6.07) is 10.2. The fourth-order valence-electron chi connectivity index (χ4n) is 2.65. The quantitative estimate of drug-likeness (QED) is 0.849. The molecule has 0 saturated heterocycles. The summed E-state index contributed by atoms with van der Waals surface area (Å²) in [4.78, 5) is 6.92. The molecule has 0 spiro atoms. The van der Waals surface area contributed by atoms with Crippen LogP contribution in [-0.2, 0) is 6.54 Å². The molecule has 0 fully saturated rings. The third-order valence-corrected chi connectivity index (χ3v) is 3.82. The van der Waals surface area contributed by atoms with Crippen LogP contribution in [0.3, 0.4) is 0 Å². The second kappa shape index (κ2) is 7.38. The number of aromatic nitrogens is 1. The first-order valence-electron chi connectivity index (χ1n) is 7.61. The van der Waals surface area contributed by atoms with E-state index in [-0.39, 0.29) is 12.1 Å². The van der Waals surface area contributed by atoms with Crippen LogP contribution in [0.4, 0.5) is 0 Å². The first-order valence-corrected chi connectivity index (χ1v) is 7.61. The van der Waals surface area contributed by atoms with Gasteiger partial charge in [0.25, 0.3) is 0 Å². The number of pyridine rings is 1. The number of hydrogen-bond donors (Lipinski definition) is 1. The number of nitrogens with zero attached hydrogens (tertiary/aromatic N) is 2. The van der Waals surface area contributed by atoms with Gasteiger partial charge in [-0.1, -0.05) is 19.9 Å². The highest BCUT2D eigenvalue weighted by atomic mass is 16.3. The van der Waals surface area contributed by atoms with Crippen molar-refractivity contribution in [3.8, 4) is 0 Å². The lowest BCUT2D eigenvalue weighted by molar-refractivity contribution is 0.146. The molecule has 21 heavy (non-hydrogen) atoms. The normalized spacial score (nSPS) is 14.3. The number of rotatable bonds is 7. The van der Waals surface area contributed by atoms with Gasteiger partial charge in [-0.3, -0.25) is 9.88 Å². The molecule has 2 atom stereocenters. The largest absolute Gasteiger partial charge is 0.468 e. The fourth-order valence-corrected chi connectivity index (χ4v) is 2.65. The van der Waals surface area contributed by atoms with Gasteiger partial charge in [0, 0.05) is 18.3 Å². The number of hydrogen-bond acceptors (Lipinski definition) is 4. The van der Waals surface area contributed by atoms with E-state index in [0.717, 1.165) is 36.7 Å². The van der Waals surface area contributed by atoms with Crippen molar-refractivity contribution < 1.29 is 4.42 Å². The van der Waals surface area contributed by atoms with Gasteiger partial charge in [-0.25, -0.2) is 0 Å². The van der Waals surface area contributed by atoms with Crippen molar-refractivity contribution in [1.82, 2.24) is 9.88 Å². The second-order valence-corrected chi connectivity index (χ2v) is 5.37. The van der Waals surface area contributed by atoms with Gasteiger partial charge in [-0.15, -0.1) is 0 Å². The third kappa shape index (κ3) is 3.93. The standard InChI is InChI=1S/C17H25N3O/c1-4-15(18)17(16-10-7-11-21-16)20(5-2)12-14-9-6-8-13(3)19-14/h6-11,15,17H,4-5,12,18H2,1-3H3. The Balaban J connectivity index is 2.23. The molecule has 2 aromatic rings. The van der Waals surface area contributed by atoms with Gasteiger partial charge in [-0.2, -0.15) is 0 Å². The molecule has 0 aliphatic carbocycles. The molecule has 0 aliphatic rings. The van der Waals surface area contributed by atoms with Gasteiger partial charge in [-0.05, 0) is 44.2 Å². The molecule has 0 radical (unpaired) electrons. The number of nitrogens with two attached hydrogens (primary N) is 1.